The van der Waals surface area contributed by atoms with Gasteiger partial charge in [0, 0.05) is 32.3 Å². The number of pyridine rings is 2. The van der Waals surface area contributed by atoms with Crippen LogP contribution in [-0.4, -0.2) is 32.8 Å². The summed E-state index contributed by atoms with van der Waals surface area (Å²) in [6, 6.07) is 49.0. The van der Waals surface area contributed by atoms with Crippen LogP contribution < -0.4 is 4.40 Å². The van der Waals surface area contributed by atoms with Gasteiger partial charge in [-0.1, -0.05) is 87.9 Å². The van der Waals surface area contributed by atoms with Crippen LogP contribution in [0.4, 0.5) is 0 Å². The Morgan fingerprint density at radius 1 is 0.714 bits per heavy atom. The van der Waals surface area contributed by atoms with Crippen molar-refractivity contribution in [3.05, 3.63) is 168 Å². The van der Waals surface area contributed by atoms with Crippen molar-refractivity contribution in [3.63, 3.8) is 0 Å². The molecule has 63 heavy (non-hydrogen) atoms. The maximum absolute atomic E-state index is 6.44. The van der Waals surface area contributed by atoms with Crippen LogP contribution in [0.25, 0.3) is 66.9 Å². The molecule has 0 amide bonds. The summed E-state index contributed by atoms with van der Waals surface area (Å²) in [6.07, 6.45) is 3.27. The molecule has 7 heteroatoms. The minimum absolute atomic E-state index is 0. The van der Waals surface area contributed by atoms with Gasteiger partial charge in [-0.05, 0) is 76.2 Å². The average Bonchev–Trinajstić information content (AvgIpc) is 3.81. The molecule has 5 nitrogen and oxygen atoms in total. The van der Waals surface area contributed by atoms with Gasteiger partial charge in [0.2, 0.25) is 0 Å². The number of benzene rings is 5. The van der Waals surface area contributed by atoms with E-state index in [1.165, 1.54) is 33.4 Å². The Balaban J connectivity index is 0.000000239. The summed E-state index contributed by atoms with van der Waals surface area (Å²) >= 11 is -1.86. The maximum Gasteiger partial charge on any atom is 0.139 e. The predicted molar refractivity (Wildman–Crippen MR) is 263 cm³/mol. The molecule has 0 atom stereocenters. The summed E-state index contributed by atoms with van der Waals surface area (Å²) in [5.41, 5.74) is 16.6. The normalized spacial score (nSPS) is 11.8. The average molecular weight is 1070 g/mol. The number of fused-ring (bicyclic) bond motifs is 4. The molecule has 0 bridgehead atoms. The third-order valence-corrected chi connectivity index (χ3v) is 16.0. The fraction of sp³-hybridized carbons (Fsp3) is 0.268. The smallest absolute Gasteiger partial charge is 0.139 e. The van der Waals surface area contributed by atoms with E-state index in [1.54, 1.807) is 4.40 Å². The number of nitrogens with zero attached hydrogens (tertiary/aromatic N) is 4. The van der Waals surface area contributed by atoms with Crippen LogP contribution in [0.3, 0.4) is 0 Å². The summed E-state index contributed by atoms with van der Waals surface area (Å²) < 4.78 is 10.3. The van der Waals surface area contributed by atoms with Crippen LogP contribution in [-0.2, 0) is 33.1 Å². The standard InChI is InChI=1S/C38H34N3O.C18H24GeN.Ir/c1-23(2)30-20-27(26-12-7-6-8-13-26)21-31(24(3)4)32(30)22-41-34-17-10-9-16-33(34)40-38(41)29-15-11-14-28-36-35(42-37(28)29)19-18-25(5)39-36;1-14(2)11-16-12-18(15-9-7-6-8-10-15)20-13-17(16)19(3,4)5;/h6-14,16-21,23-24H,22H2,1-5H3;6-9,12-14H,11H2,1-5H3;/q2*-1;. The molecular weight excluding hydrogens is 1010 g/mol. The van der Waals surface area contributed by atoms with Crippen LogP contribution in [0.5, 0.6) is 0 Å². The molecule has 0 saturated carbocycles. The third-order valence-electron chi connectivity index (χ3n) is 11.7. The molecular formula is C56H58GeIrN4O-2. The van der Waals surface area contributed by atoms with Crippen LogP contribution in [0.1, 0.15) is 81.3 Å². The van der Waals surface area contributed by atoms with E-state index < -0.39 is 13.3 Å². The Bertz CT molecular complexity index is 2970. The van der Waals surface area contributed by atoms with E-state index in [-0.39, 0.29) is 20.1 Å². The predicted octanol–water partition coefficient (Wildman–Crippen LogP) is 14.4. The van der Waals surface area contributed by atoms with E-state index in [2.05, 4.69) is 161 Å². The first-order valence-corrected chi connectivity index (χ1v) is 29.5. The van der Waals surface area contributed by atoms with Gasteiger partial charge in [0.1, 0.15) is 5.58 Å². The van der Waals surface area contributed by atoms with Crippen LogP contribution in [0.15, 0.2) is 132 Å². The molecule has 0 aliphatic heterocycles. The van der Waals surface area contributed by atoms with Gasteiger partial charge in [-0.3, -0.25) is 9.97 Å². The number of imidazole rings is 1. The van der Waals surface area contributed by atoms with E-state index >= 15 is 0 Å². The molecule has 0 saturated heterocycles. The minimum Gasteiger partial charge on any atom is -0.499 e. The number of aromatic nitrogens is 4. The molecule has 0 spiro atoms. The van der Waals surface area contributed by atoms with E-state index in [4.69, 9.17) is 19.4 Å². The van der Waals surface area contributed by atoms with Crippen molar-refractivity contribution in [2.75, 3.05) is 0 Å². The topological polar surface area (TPSA) is 56.7 Å². The largest absolute Gasteiger partial charge is 0.499 e. The molecule has 0 unspecified atom stereocenters. The molecule has 9 rings (SSSR count). The SMILES string of the molecule is CC(C)Cc1cc(-c2[c-]cccc2)nc[c]1[Ge]([CH3])([CH3])[CH3].Cc1ccc2oc3c(-c4nc5ccccc5n4Cc4c(C(C)C)cc(-c5ccccc5)cc4C(C)C)[c-]ccc3c2n1.[Ir]. The number of furan rings is 1. The first-order valence-electron chi connectivity index (χ1n) is 22.1. The summed E-state index contributed by atoms with van der Waals surface area (Å²) in [6.45, 7) is 16.5. The Kier molecular flexibility index (Phi) is 14.1. The van der Waals surface area contributed by atoms with Gasteiger partial charge in [0.25, 0.3) is 0 Å². The molecule has 0 aliphatic rings. The van der Waals surface area contributed by atoms with Gasteiger partial charge >= 0.3 is 126 Å². The third kappa shape index (κ3) is 9.84. The number of rotatable bonds is 10. The van der Waals surface area contributed by atoms with Crippen LogP contribution in [0.2, 0.25) is 17.3 Å². The van der Waals surface area contributed by atoms with Crippen molar-refractivity contribution in [1.29, 1.82) is 0 Å². The fourth-order valence-electron chi connectivity index (χ4n) is 8.67. The number of aryl methyl sites for hydroxylation is 1. The van der Waals surface area contributed by atoms with Crippen molar-refractivity contribution in [1.82, 2.24) is 19.5 Å². The van der Waals surface area contributed by atoms with Gasteiger partial charge in [-0.25, -0.2) is 0 Å². The quantitative estimate of drug-likeness (QED) is 0.101. The van der Waals surface area contributed by atoms with Crippen molar-refractivity contribution in [3.8, 4) is 33.8 Å². The Morgan fingerprint density at radius 2 is 1.41 bits per heavy atom. The molecule has 9 aromatic rings. The molecule has 0 aliphatic carbocycles. The van der Waals surface area contributed by atoms with E-state index in [0.29, 0.717) is 24.3 Å². The summed E-state index contributed by atoms with van der Waals surface area (Å²) in [5.74, 6) is 9.57. The summed E-state index contributed by atoms with van der Waals surface area (Å²) in [4.78, 5) is 14.7. The second-order valence-electron chi connectivity index (χ2n) is 18.7. The Morgan fingerprint density at radius 3 is 2.08 bits per heavy atom. The minimum atomic E-state index is -1.86. The van der Waals surface area contributed by atoms with Gasteiger partial charge in [0.05, 0.1) is 28.0 Å². The monoisotopic (exact) mass is 1070 g/mol. The first kappa shape index (κ1) is 45.9. The molecule has 5 aromatic carbocycles. The van der Waals surface area contributed by atoms with E-state index in [0.717, 1.165) is 67.9 Å². The van der Waals surface area contributed by atoms with Crippen LogP contribution >= 0.6 is 0 Å². The first-order chi connectivity index (χ1) is 29.8. The molecule has 4 heterocycles. The number of hydrogen-bond acceptors (Lipinski definition) is 4. The zero-order valence-electron chi connectivity index (χ0n) is 38.3. The van der Waals surface area contributed by atoms with Crippen molar-refractivity contribution < 1.29 is 24.5 Å². The van der Waals surface area contributed by atoms with Crippen molar-refractivity contribution in [2.45, 2.75) is 90.5 Å². The molecule has 0 N–H and O–H groups in total. The Labute approximate surface area is 390 Å². The number of para-hydroxylation sites is 2. The van der Waals surface area contributed by atoms with E-state index in [9.17, 15) is 0 Å². The molecule has 4 aromatic heterocycles. The van der Waals surface area contributed by atoms with Gasteiger partial charge in [-0.2, -0.15) is 0 Å². The second-order valence-corrected chi connectivity index (χ2v) is 29.2. The molecule has 0 fully saturated rings. The number of hydrogen-bond donors (Lipinski definition) is 0. The van der Waals surface area contributed by atoms with Gasteiger partial charge in [-0.15, -0.1) is 18.2 Å². The summed E-state index contributed by atoms with van der Waals surface area (Å²) in [7, 11) is 0. The van der Waals surface area contributed by atoms with Crippen LogP contribution in [0, 0.1) is 25.0 Å². The zero-order valence-corrected chi connectivity index (χ0v) is 42.8. The van der Waals surface area contributed by atoms with Gasteiger partial charge < -0.3 is 8.98 Å². The molecule has 323 valence electrons. The van der Waals surface area contributed by atoms with E-state index in [1.807, 2.05) is 49.4 Å². The second kappa shape index (κ2) is 19.3. The maximum atomic E-state index is 6.44. The van der Waals surface area contributed by atoms with Crippen molar-refractivity contribution >= 4 is 50.8 Å². The zero-order chi connectivity index (χ0) is 43.7. The van der Waals surface area contributed by atoms with Gasteiger partial charge in [0.15, 0.2) is 0 Å². The van der Waals surface area contributed by atoms with Crippen molar-refractivity contribution in [2.24, 2.45) is 5.92 Å². The Hall–Kier alpha value is -5.14. The fourth-order valence-corrected chi connectivity index (χ4v) is 12.0. The summed E-state index contributed by atoms with van der Waals surface area (Å²) in [5, 5.41) is 0.985. The molecule has 1 radical (unpaired) electrons.